The van der Waals surface area contributed by atoms with E-state index in [0.29, 0.717) is 24.2 Å². The van der Waals surface area contributed by atoms with Crippen LogP contribution in [-0.4, -0.2) is 18.3 Å². The lowest BCUT2D eigenvalue weighted by Gasteiger charge is -2.25. The number of ether oxygens (including phenoxy) is 2. The minimum Gasteiger partial charge on any atom is -0.490 e. The Kier molecular flexibility index (Phi) is 2.78. The van der Waals surface area contributed by atoms with Crippen LogP contribution in [-0.2, 0) is 4.74 Å². The van der Waals surface area contributed by atoms with Gasteiger partial charge in [0.2, 0.25) is 0 Å². The minimum absolute atomic E-state index is 0.102. The van der Waals surface area contributed by atoms with Gasteiger partial charge >= 0.3 is 0 Å². The summed E-state index contributed by atoms with van der Waals surface area (Å²) in [6, 6.07) is 8.46. The first-order chi connectivity index (χ1) is 9.29. The Balaban J connectivity index is 1.45. The smallest absolute Gasteiger partial charge is 0.119 e. The van der Waals surface area contributed by atoms with Gasteiger partial charge in [-0.2, -0.15) is 0 Å². The third kappa shape index (κ3) is 2.26. The van der Waals surface area contributed by atoms with Gasteiger partial charge in [0, 0.05) is 12.0 Å². The number of benzene rings is 1. The number of nitrogens with two attached hydrogens (primary N) is 1. The molecule has 4 atom stereocenters. The SMILES string of the molecule is NC(c1ccc(OC2CC2)cc1)C1CC2CCC1O2. The molecular formula is C16H21NO2. The molecule has 2 bridgehead atoms. The van der Waals surface area contributed by atoms with Gasteiger partial charge in [0.05, 0.1) is 18.3 Å². The molecule has 102 valence electrons. The zero-order valence-electron chi connectivity index (χ0n) is 11.1. The molecule has 19 heavy (non-hydrogen) atoms. The molecule has 3 aliphatic rings. The lowest BCUT2D eigenvalue weighted by atomic mass is 9.81. The summed E-state index contributed by atoms with van der Waals surface area (Å²) in [6.07, 6.45) is 7.26. The number of rotatable bonds is 4. The molecule has 0 amide bonds. The van der Waals surface area contributed by atoms with Gasteiger partial charge in [-0.05, 0) is 49.8 Å². The van der Waals surface area contributed by atoms with Crippen molar-refractivity contribution in [2.75, 3.05) is 0 Å². The van der Waals surface area contributed by atoms with Crippen molar-refractivity contribution in [3.05, 3.63) is 29.8 Å². The molecule has 0 radical (unpaired) electrons. The van der Waals surface area contributed by atoms with Crippen molar-refractivity contribution in [1.82, 2.24) is 0 Å². The van der Waals surface area contributed by atoms with Gasteiger partial charge in [0.15, 0.2) is 0 Å². The van der Waals surface area contributed by atoms with E-state index in [4.69, 9.17) is 15.2 Å². The van der Waals surface area contributed by atoms with Crippen LogP contribution in [0, 0.1) is 5.92 Å². The third-order valence-corrected chi connectivity index (χ3v) is 4.71. The Morgan fingerprint density at radius 3 is 2.47 bits per heavy atom. The molecular weight excluding hydrogens is 238 g/mol. The standard InChI is InChI=1S/C16H21NO2/c17-16(14-9-13-7-8-15(14)19-13)10-1-3-11(4-2-10)18-12-5-6-12/h1-4,12-16H,5-9,17H2. The van der Waals surface area contributed by atoms with E-state index in [0.717, 1.165) is 12.2 Å². The Morgan fingerprint density at radius 2 is 1.89 bits per heavy atom. The predicted octanol–water partition coefficient (Wildman–Crippen LogP) is 2.80. The van der Waals surface area contributed by atoms with Crippen molar-refractivity contribution in [2.24, 2.45) is 11.7 Å². The lowest BCUT2D eigenvalue weighted by molar-refractivity contribution is 0.0885. The quantitative estimate of drug-likeness (QED) is 0.904. The van der Waals surface area contributed by atoms with E-state index in [1.54, 1.807) is 0 Å². The molecule has 1 aromatic carbocycles. The van der Waals surface area contributed by atoms with Gasteiger partial charge in [-0.3, -0.25) is 0 Å². The van der Waals surface area contributed by atoms with Crippen molar-refractivity contribution >= 4 is 0 Å². The van der Waals surface area contributed by atoms with E-state index in [9.17, 15) is 0 Å². The van der Waals surface area contributed by atoms with Gasteiger partial charge in [-0.25, -0.2) is 0 Å². The average molecular weight is 259 g/mol. The predicted molar refractivity (Wildman–Crippen MR) is 73.0 cm³/mol. The van der Waals surface area contributed by atoms with E-state index < -0.39 is 0 Å². The van der Waals surface area contributed by atoms with Crippen molar-refractivity contribution < 1.29 is 9.47 Å². The van der Waals surface area contributed by atoms with Crippen LogP contribution < -0.4 is 10.5 Å². The van der Waals surface area contributed by atoms with E-state index in [1.807, 2.05) is 0 Å². The maximum Gasteiger partial charge on any atom is 0.119 e. The first-order valence-corrected chi connectivity index (χ1v) is 7.47. The Hall–Kier alpha value is -1.06. The van der Waals surface area contributed by atoms with E-state index >= 15 is 0 Å². The molecule has 2 heterocycles. The summed E-state index contributed by atoms with van der Waals surface area (Å²) in [7, 11) is 0. The van der Waals surface area contributed by atoms with E-state index in [1.165, 1.54) is 31.2 Å². The molecule has 1 aromatic rings. The Bertz CT molecular complexity index is 454. The van der Waals surface area contributed by atoms with Gasteiger partial charge in [-0.1, -0.05) is 12.1 Å². The number of hydrogen-bond donors (Lipinski definition) is 1. The van der Waals surface area contributed by atoms with Crippen LogP contribution in [0.2, 0.25) is 0 Å². The summed E-state index contributed by atoms with van der Waals surface area (Å²) in [6.45, 7) is 0. The maximum absolute atomic E-state index is 6.43. The molecule has 3 fully saturated rings. The van der Waals surface area contributed by atoms with E-state index in [2.05, 4.69) is 24.3 Å². The third-order valence-electron chi connectivity index (χ3n) is 4.71. The highest BCUT2D eigenvalue weighted by atomic mass is 16.5. The van der Waals surface area contributed by atoms with Crippen LogP contribution in [0.4, 0.5) is 0 Å². The fourth-order valence-corrected chi connectivity index (χ4v) is 3.45. The highest BCUT2D eigenvalue weighted by Gasteiger charge is 2.43. The van der Waals surface area contributed by atoms with Crippen LogP contribution in [0.15, 0.2) is 24.3 Å². The van der Waals surface area contributed by atoms with Gasteiger partial charge in [0.25, 0.3) is 0 Å². The van der Waals surface area contributed by atoms with Gasteiger partial charge in [-0.15, -0.1) is 0 Å². The highest BCUT2D eigenvalue weighted by Crippen LogP contribution is 2.44. The fraction of sp³-hybridized carbons (Fsp3) is 0.625. The zero-order chi connectivity index (χ0) is 12.8. The monoisotopic (exact) mass is 259 g/mol. The van der Waals surface area contributed by atoms with Crippen LogP contribution in [0.25, 0.3) is 0 Å². The normalized spacial score (nSPS) is 34.5. The Labute approximate surface area is 114 Å². The molecule has 3 heteroatoms. The average Bonchev–Trinajstić information content (AvgIpc) is 3.01. The van der Waals surface area contributed by atoms with Crippen LogP contribution in [0.1, 0.15) is 43.7 Å². The van der Waals surface area contributed by atoms with Crippen LogP contribution in [0.5, 0.6) is 5.75 Å². The topological polar surface area (TPSA) is 44.5 Å². The fourth-order valence-electron chi connectivity index (χ4n) is 3.45. The second kappa shape index (κ2) is 4.50. The second-order valence-corrected chi connectivity index (χ2v) is 6.19. The molecule has 0 spiro atoms. The molecule has 4 rings (SSSR count). The molecule has 4 unspecified atom stereocenters. The van der Waals surface area contributed by atoms with Crippen molar-refractivity contribution in [1.29, 1.82) is 0 Å². The molecule has 1 saturated carbocycles. The van der Waals surface area contributed by atoms with Gasteiger partial charge in [0.1, 0.15) is 5.75 Å². The summed E-state index contributed by atoms with van der Waals surface area (Å²) >= 11 is 0. The largest absolute Gasteiger partial charge is 0.490 e. The number of hydrogen-bond acceptors (Lipinski definition) is 3. The summed E-state index contributed by atoms with van der Waals surface area (Å²) < 4.78 is 11.7. The van der Waals surface area contributed by atoms with Gasteiger partial charge < -0.3 is 15.2 Å². The number of fused-ring (bicyclic) bond motifs is 2. The molecule has 0 aromatic heterocycles. The molecule has 2 aliphatic heterocycles. The summed E-state index contributed by atoms with van der Waals surface area (Å²) in [5.41, 5.74) is 7.64. The minimum atomic E-state index is 0.102. The molecule has 1 aliphatic carbocycles. The van der Waals surface area contributed by atoms with Crippen LogP contribution >= 0.6 is 0 Å². The maximum atomic E-state index is 6.43. The second-order valence-electron chi connectivity index (χ2n) is 6.19. The van der Waals surface area contributed by atoms with Crippen molar-refractivity contribution in [2.45, 2.75) is 56.5 Å². The first kappa shape index (κ1) is 11.7. The lowest BCUT2D eigenvalue weighted by Crippen LogP contribution is -2.29. The van der Waals surface area contributed by atoms with Crippen molar-refractivity contribution in [3.8, 4) is 5.75 Å². The molecule has 2 N–H and O–H groups in total. The summed E-state index contributed by atoms with van der Waals surface area (Å²) in [5.74, 6) is 1.47. The molecule has 3 nitrogen and oxygen atoms in total. The first-order valence-electron chi connectivity index (χ1n) is 7.47. The summed E-state index contributed by atoms with van der Waals surface area (Å²) in [4.78, 5) is 0. The zero-order valence-corrected chi connectivity index (χ0v) is 11.1. The van der Waals surface area contributed by atoms with E-state index in [-0.39, 0.29) is 6.04 Å². The summed E-state index contributed by atoms with van der Waals surface area (Å²) in [5, 5.41) is 0. The van der Waals surface area contributed by atoms with Crippen molar-refractivity contribution in [3.63, 3.8) is 0 Å². The molecule has 2 saturated heterocycles. The highest BCUT2D eigenvalue weighted by molar-refractivity contribution is 5.30. The Morgan fingerprint density at radius 1 is 1.11 bits per heavy atom. The van der Waals surface area contributed by atoms with Crippen LogP contribution in [0.3, 0.4) is 0 Å².